The molecule has 0 saturated carbocycles. The van der Waals surface area contributed by atoms with Crippen LogP contribution >= 0.6 is 11.6 Å². The third kappa shape index (κ3) is 2.21. The van der Waals surface area contributed by atoms with E-state index in [-0.39, 0.29) is 18.8 Å². The maximum atomic E-state index is 11.2. The highest BCUT2D eigenvalue weighted by molar-refractivity contribution is 6.45. The average molecular weight is 193 g/mol. The monoisotopic (exact) mass is 192 g/mol. The minimum atomic E-state index is -1.48. The Kier molecular flexibility index (Phi) is 4.24. The molecule has 0 rings (SSSR count). The van der Waals surface area contributed by atoms with E-state index >= 15 is 0 Å². The van der Waals surface area contributed by atoms with Gasteiger partial charge in [-0.05, 0) is 20.3 Å². The highest BCUT2D eigenvalue weighted by Crippen LogP contribution is 2.22. The molecule has 12 heavy (non-hydrogen) atoms. The zero-order valence-electron chi connectivity index (χ0n) is 7.52. The molecule has 0 aromatic rings. The zero-order valence-corrected chi connectivity index (χ0v) is 8.27. The van der Waals surface area contributed by atoms with Crippen molar-refractivity contribution in [2.45, 2.75) is 32.1 Å². The van der Waals surface area contributed by atoms with Gasteiger partial charge in [-0.2, -0.15) is 0 Å². The number of ether oxygens (including phenoxy) is 1. The number of hydrogen-bond donors (Lipinski definition) is 0. The summed E-state index contributed by atoms with van der Waals surface area (Å²) in [4.78, 5) is 20.7. The lowest BCUT2D eigenvalue weighted by molar-refractivity contribution is -0.149. The van der Waals surface area contributed by atoms with E-state index in [0.717, 1.165) is 0 Å². The van der Waals surface area contributed by atoms with Crippen molar-refractivity contribution in [3.05, 3.63) is 0 Å². The lowest BCUT2D eigenvalue weighted by Crippen LogP contribution is -2.40. The van der Waals surface area contributed by atoms with Gasteiger partial charge in [-0.15, -0.1) is 0 Å². The van der Waals surface area contributed by atoms with Gasteiger partial charge in [0.2, 0.25) is 0 Å². The topological polar surface area (TPSA) is 43.4 Å². The molecule has 0 N–H and O–H groups in total. The van der Waals surface area contributed by atoms with Crippen molar-refractivity contribution in [2.24, 2.45) is 0 Å². The van der Waals surface area contributed by atoms with Crippen molar-refractivity contribution < 1.29 is 14.3 Å². The van der Waals surface area contributed by atoms with Crippen LogP contribution in [0.25, 0.3) is 0 Å². The minimum Gasteiger partial charge on any atom is -0.464 e. The Balaban J connectivity index is 4.52. The van der Waals surface area contributed by atoms with Crippen LogP contribution in [0.2, 0.25) is 0 Å². The molecule has 3 nitrogen and oxygen atoms in total. The number of carbonyl (C=O) groups is 2. The zero-order chi connectivity index (χ0) is 9.78. The van der Waals surface area contributed by atoms with Gasteiger partial charge in [0.15, 0.2) is 10.7 Å². The standard InChI is InChI=1S/C8H13ClO3/c1-4-8(9,6(3)10)7(11)12-5-2/h4-5H2,1-3H3. The Morgan fingerprint density at radius 1 is 1.42 bits per heavy atom. The first-order chi connectivity index (χ1) is 5.49. The van der Waals surface area contributed by atoms with Crippen LogP contribution < -0.4 is 0 Å². The number of ketones is 1. The van der Waals surface area contributed by atoms with Gasteiger partial charge in [0.25, 0.3) is 0 Å². The Bertz CT molecular complexity index is 191. The molecule has 0 bridgehead atoms. The Morgan fingerprint density at radius 2 is 1.92 bits per heavy atom. The van der Waals surface area contributed by atoms with Gasteiger partial charge in [0.1, 0.15) is 0 Å². The summed E-state index contributed by atoms with van der Waals surface area (Å²) in [5.41, 5.74) is 0. The van der Waals surface area contributed by atoms with E-state index < -0.39 is 10.8 Å². The smallest absolute Gasteiger partial charge is 0.334 e. The van der Waals surface area contributed by atoms with Gasteiger partial charge >= 0.3 is 5.97 Å². The van der Waals surface area contributed by atoms with E-state index in [1.165, 1.54) is 6.92 Å². The molecule has 0 aromatic carbocycles. The summed E-state index contributed by atoms with van der Waals surface area (Å²) < 4.78 is 4.67. The normalized spacial score (nSPS) is 15.0. The van der Waals surface area contributed by atoms with Crippen molar-refractivity contribution in [1.82, 2.24) is 0 Å². The van der Waals surface area contributed by atoms with Gasteiger partial charge in [0, 0.05) is 0 Å². The Labute approximate surface area is 77.0 Å². The number of rotatable bonds is 4. The molecule has 1 atom stereocenters. The van der Waals surface area contributed by atoms with Crippen molar-refractivity contribution >= 4 is 23.4 Å². The van der Waals surface area contributed by atoms with E-state index in [2.05, 4.69) is 4.74 Å². The number of halogens is 1. The SMILES string of the molecule is CCOC(=O)C(Cl)(CC)C(C)=O. The molecule has 0 fully saturated rings. The molecule has 0 aliphatic carbocycles. The first-order valence-corrected chi connectivity index (χ1v) is 4.24. The molecule has 0 aliphatic heterocycles. The van der Waals surface area contributed by atoms with Gasteiger partial charge in [-0.25, -0.2) is 4.79 Å². The molecule has 0 radical (unpaired) electrons. The lowest BCUT2D eigenvalue weighted by Gasteiger charge is -2.19. The van der Waals surface area contributed by atoms with Crippen LogP contribution in [0.5, 0.6) is 0 Å². The van der Waals surface area contributed by atoms with Gasteiger partial charge in [-0.1, -0.05) is 18.5 Å². The van der Waals surface area contributed by atoms with Crippen LogP contribution in [0.15, 0.2) is 0 Å². The van der Waals surface area contributed by atoms with Gasteiger partial charge < -0.3 is 4.74 Å². The minimum absolute atomic E-state index is 0.237. The van der Waals surface area contributed by atoms with Crippen LogP contribution in [0.3, 0.4) is 0 Å². The molecule has 0 aromatic heterocycles. The molecule has 4 heteroatoms. The van der Waals surface area contributed by atoms with Crippen LogP contribution in [-0.4, -0.2) is 23.2 Å². The van der Waals surface area contributed by atoms with E-state index in [1.807, 2.05) is 0 Å². The third-order valence-corrected chi connectivity index (χ3v) is 2.33. The number of carbonyl (C=O) groups excluding carboxylic acids is 2. The van der Waals surface area contributed by atoms with Crippen LogP contribution in [-0.2, 0) is 14.3 Å². The van der Waals surface area contributed by atoms with Crippen molar-refractivity contribution in [3.8, 4) is 0 Å². The molecular formula is C8H13ClO3. The second-order valence-electron chi connectivity index (χ2n) is 2.43. The fourth-order valence-corrected chi connectivity index (χ4v) is 0.837. The summed E-state index contributed by atoms with van der Waals surface area (Å²) in [5.74, 6) is -1.02. The summed E-state index contributed by atoms with van der Waals surface area (Å²) in [7, 11) is 0. The van der Waals surface area contributed by atoms with Crippen LogP contribution in [0, 0.1) is 0 Å². The molecule has 0 saturated heterocycles. The van der Waals surface area contributed by atoms with Gasteiger partial charge in [-0.3, -0.25) is 4.79 Å². The first kappa shape index (κ1) is 11.4. The predicted molar refractivity (Wildman–Crippen MR) is 46.2 cm³/mol. The maximum Gasteiger partial charge on any atom is 0.334 e. The highest BCUT2D eigenvalue weighted by Gasteiger charge is 2.40. The maximum absolute atomic E-state index is 11.2. The summed E-state index contributed by atoms with van der Waals surface area (Å²) in [6.45, 7) is 4.87. The summed E-state index contributed by atoms with van der Waals surface area (Å²) in [6, 6.07) is 0. The second kappa shape index (κ2) is 4.45. The Morgan fingerprint density at radius 3 is 2.17 bits per heavy atom. The van der Waals surface area contributed by atoms with Crippen molar-refractivity contribution in [1.29, 1.82) is 0 Å². The second-order valence-corrected chi connectivity index (χ2v) is 3.08. The summed E-state index contributed by atoms with van der Waals surface area (Å²) >= 11 is 5.76. The number of hydrogen-bond acceptors (Lipinski definition) is 3. The third-order valence-electron chi connectivity index (χ3n) is 1.64. The lowest BCUT2D eigenvalue weighted by atomic mass is 10.0. The van der Waals surface area contributed by atoms with Gasteiger partial charge in [0.05, 0.1) is 6.61 Å². The largest absolute Gasteiger partial charge is 0.464 e. The number of esters is 1. The van der Waals surface area contributed by atoms with Crippen LogP contribution in [0.1, 0.15) is 27.2 Å². The predicted octanol–water partition coefficient (Wildman–Crippen LogP) is 1.53. The summed E-state index contributed by atoms with van der Waals surface area (Å²) in [6.07, 6.45) is 0.253. The first-order valence-electron chi connectivity index (χ1n) is 3.86. The molecule has 0 amide bonds. The molecule has 1 unspecified atom stereocenters. The average Bonchev–Trinajstić information content (AvgIpc) is 2.03. The fourth-order valence-electron chi connectivity index (χ4n) is 0.782. The fraction of sp³-hybridized carbons (Fsp3) is 0.750. The van der Waals surface area contributed by atoms with Crippen molar-refractivity contribution in [2.75, 3.05) is 6.61 Å². The molecule has 0 spiro atoms. The van der Waals surface area contributed by atoms with E-state index in [1.54, 1.807) is 13.8 Å². The number of Topliss-reactive ketones (excluding diaryl/α,β-unsaturated/α-hetero) is 1. The van der Waals surface area contributed by atoms with Crippen LogP contribution in [0.4, 0.5) is 0 Å². The molecule has 0 aliphatic rings. The Hall–Kier alpha value is -0.570. The molecule has 0 heterocycles. The van der Waals surface area contributed by atoms with E-state index in [9.17, 15) is 9.59 Å². The quantitative estimate of drug-likeness (QED) is 0.386. The molecular weight excluding hydrogens is 180 g/mol. The van der Waals surface area contributed by atoms with E-state index in [4.69, 9.17) is 11.6 Å². The molecule has 70 valence electrons. The summed E-state index contributed by atoms with van der Waals surface area (Å²) in [5, 5.41) is 0. The number of alkyl halides is 1. The van der Waals surface area contributed by atoms with Crippen molar-refractivity contribution in [3.63, 3.8) is 0 Å². The van der Waals surface area contributed by atoms with E-state index in [0.29, 0.717) is 0 Å². The highest BCUT2D eigenvalue weighted by atomic mass is 35.5.